The van der Waals surface area contributed by atoms with E-state index in [1.807, 2.05) is 6.07 Å². The summed E-state index contributed by atoms with van der Waals surface area (Å²) in [4.78, 5) is 26.6. The fourth-order valence-corrected chi connectivity index (χ4v) is 3.61. The second-order valence-corrected chi connectivity index (χ2v) is 6.58. The standard InChI is InChI=1S/C19H16N6O2/c26-14-3-1-2-12(6-14)15-8-24(9-16-18(15)22-10-20-16)19(27)13-4-5-17-21-11-23-25(17)7-13/h1-7,10-11,15,26H,8-9H2,(H,20,22). The maximum Gasteiger partial charge on any atom is 0.255 e. The zero-order valence-electron chi connectivity index (χ0n) is 14.3. The van der Waals surface area contributed by atoms with Gasteiger partial charge < -0.3 is 15.0 Å². The smallest absolute Gasteiger partial charge is 0.255 e. The Morgan fingerprint density at radius 2 is 2.15 bits per heavy atom. The summed E-state index contributed by atoms with van der Waals surface area (Å²) in [7, 11) is 0. The largest absolute Gasteiger partial charge is 0.508 e. The molecule has 0 saturated carbocycles. The highest BCUT2D eigenvalue weighted by molar-refractivity contribution is 5.94. The number of phenolic OH excluding ortho intramolecular Hbond substituents is 1. The van der Waals surface area contributed by atoms with Gasteiger partial charge in [0.1, 0.15) is 12.1 Å². The molecule has 0 radical (unpaired) electrons. The van der Waals surface area contributed by atoms with Crippen molar-refractivity contribution in [2.45, 2.75) is 12.5 Å². The first-order valence-electron chi connectivity index (χ1n) is 8.59. The van der Waals surface area contributed by atoms with Crippen LogP contribution < -0.4 is 0 Å². The Morgan fingerprint density at radius 1 is 1.22 bits per heavy atom. The van der Waals surface area contributed by atoms with Crippen LogP contribution >= 0.6 is 0 Å². The summed E-state index contributed by atoms with van der Waals surface area (Å²) in [6.07, 6.45) is 4.80. The van der Waals surface area contributed by atoms with Gasteiger partial charge in [0.2, 0.25) is 0 Å². The molecule has 1 atom stereocenters. The van der Waals surface area contributed by atoms with Crippen LogP contribution in [-0.4, -0.2) is 47.0 Å². The number of nitrogens with one attached hydrogen (secondary N) is 1. The minimum absolute atomic E-state index is 0.0854. The number of amides is 1. The molecule has 0 fully saturated rings. The van der Waals surface area contributed by atoms with Gasteiger partial charge in [0.25, 0.3) is 5.91 Å². The van der Waals surface area contributed by atoms with E-state index >= 15 is 0 Å². The number of imidazole rings is 1. The first-order valence-corrected chi connectivity index (χ1v) is 8.59. The second-order valence-electron chi connectivity index (χ2n) is 6.58. The molecule has 8 nitrogen and oxygen atoms in total. The van der Waals surface area contributed by atoms with Gasteiger partial charge in [-0.05, 0) is 29.8 Å². The van der Waals surface area contributed by atoms with Crippen molar-refractivity contribution in [3.63, 3.8) is 0 Å². The lowest BCUT2D eigenvalue weighted by Crippen LogP contribution is -2.38. The Balaban J connectivity index is 1.51. The number of phenols is 1. The molecule has 8 heteroatoms. The number of aromatic hydroxyl groups is 1. The number of hydrogen-bond acceptors (Lipinski definition) is 5. The number of hydrogen-bond donors (Lipinski definition) is 2. The first kappa shape index (κ1) is 15.6. The van der Waals surface area contributed by atoms with Gasteiger partial charge in [-0.2, -0.15) is 5.10 Å². The molecule has 4 aromatic rings. The summed E-state index contributed by atoms with van der Waals surface area (Å²) in [5, 5.41) is 13.9. The number of fused-ring (bicyclic) bond motifs is 2. The Hall–Kier alpha value is -3.68. The topological polar surface area (TPSA) is 99.4 Å². The molecule has 3 aromatic heterocycles. The zero-order chi connectivity index (χ0) is 18.4. The summed E-state index contributed by atoms with van der Waals surface area (Å²) in [5.41, 5.74) is 3.98. The van der Waals surface area contributed by atoms with E-state index in [4.69, 9.17) is 0 Å². The Labute approximate surface area is 154 Å². The molecule has 0 aliphatic carbocycles. The van der Waals surface area contributed by atoms with Crippen LogP contribution in [-0.2, 0) is 6.54 Å². The molecule has 134 valence electrons. The summed E-state index contributed by atoms with van der Waals surface area (Å²) >= 11 is 0. The van der Waals surface area contributed by atoms with Crippen LogP contribution in [0, 0.1) is 0 Å². The third-order valence-corrected chi connectivity index (χ3v) is 4.91. The van der Waals surface area contributed by atoms with E-state index in [2.05, 4.69) is 20.1 Å². The summed E-state index contributed by atoms with van der Waals surface area (Å²) < 4.78 is 1.59. The Morgan fingerprint density at radius 3 is 3.04 bits per heavy atom. The molecule has 27 heavy (non-hydrogen) atoms. The van der Waals surface area contributed by atoms with Crippen LogP contribution in [0.1, 0.15) is 33.2 Å². The lowest BCUT2D eigenvalue weighted by molar-refractivity contribution is 0.0721. The van der Waals surface area contributed by atoms with Gasteiger partial charge in [0.15, 0.2) is 5.65 Å². The van der Waals surface area contributed by atoms with Crippen LogP contribution in [0.3, 0.4) is 0 Å². The van der Waals surface area contributed by atoms with E-state index in [0.717, 1.165) is 17.0 Å². The number of carbonyl (C=O) groups is 1. The molecular formula is C19H16N6O2. The molecule has 1 unspecified atom stereocenters. The average molecular weight is 360 g/mol. The molecule has 0 spiro atoms. The molecule has 1 aliphatic heterocycles. The predicted octanol–water partition coefficient (Wildman–Crippen LogP) is 1.95. The van der Waals surface area contributed by atoms with Gasteiger partial charge in [0, 0.05) is 18.7 Å². The van der Waals surface area contributed by atoms with Crippen molar-refractivity contribution in [2.75, 3.05) is 6.54 Å². The van der Waals surface area contributed by atoms with Gasteiger partial charge >= 0.3 is 0 Å². The highest BCUT2D eigenvalue weighted by Gasteiger charge is 2.32. The number of rotatable bonds is 2. The molecule has 0 bridgehead atoms. The molecule has 0 saturated heterocycles. The number of pyridine rings is 1. The lowest BCUT2D eigenvalue weighted by atomic mass is 9.90. The number of aromatic amines is 1. The normalized spacial score (nSPS) is 16.4. The van der Waals surface area contributed by atoms with Crippen LogP contribution in [0.2, 0.25) is 0 Å². The van der Waals surface area contributed by atoms with Crippen LogP contribution in [0.4, 0.5) is 0 Å². The number of nitrogens with zero attached hydrogens (tertiary/aromatic N) is 5. The highest BCUT2D eigenvalue weighted by Crippen LogP contribution is 2.33. The quantitative estimate of drug-likeness (QED) is 0.569. The van der Waals surface area contributed by atoms with Gasteiger partial charge in [-0.3, -0.25) is 4.79 Å². The molecule has 1 amide bonds. The Bertz CT molecular complexity index is 1150. The molecule has 4 heterocycles. The van der Waals surface area contributed by atoms with Crippen molar-refractivity contribution in [1.82, 2.24) is 29.5 Å². The van der Waals surface area contributed by atoms with E-state index in [1.165, 1.54) is 6.33 Å². The van der Waals surface area contributed by atoms with Crippen molar-refractivity contribution in [3.8, 4) is 5.75 Å². The summed E-state index contributed by atoms with van der Waals surface area (Å²) in [6, 6.07) is 10.6. The molecule has 5 rings (SSSR count). The molecule has 2 N–H and O–H groups in total. The van der Waals surface area contributed by atoms with Gasteiger partial charge in [0.05, 0.1) is 29.8 Å². The fraction of sp³-hybridized carbons (Fsp3) is 0.158. The highest BCUT2D eigenvalue weighted by atomic mass is 16.3. The average Bonchev–Trinajstić information content (AvgIpc) is 3.34. The lowest BCUT2D eigenvalue weighted by Gasteiger charge is -2.32. The maximum atomic E-state index is 13.1. The fourth-order valence-electron chi connectivity index (χ4n) is 3.61. The van der Waals surface area contributed by atoms with Crippen molar-refractivity contribution in [3.05, 3.63) is 77.8 Å². The minimum atomic E-state index is -0.105. The van der Waals surface area contributed by atoms with Gasteiger partial charge in [-0.15, -0.1) is 0 Å². The monoisotopic (exact) mass is 360 g/mol. The summed E-state index contributed by atoms with van der Waals surface area (Å²) in [6.45, 7) is 0.939. The van der Waals surface area contributed by atoms with Gasteiger partial charge in [-0.25, -0.2) is 14.5 Å². The second kappa shape index (κ2) is 5.94. The number of carbonyl (C=O) groups excluding carboxylic acids is 1. The van der Waals surface area contributed by atoms with Crippen LogP contribution in [0.15, 0.2) is 55.2 Å². The molecular weight excluding hydrogens is 344 g/mol. The van der Waals surface area contributed by atoms with Gasteiger partial charge in [-0.1, -0.05) is 12.1 Å². The van der Waals surface area contributed by atoms with Crippen molar-refractivity contribution >= 4 is 11.6 Å². The predicted molar refractivity (Wildman–Crippen MR) is 96.3 cm³/mol. The molecule has 1 aliphatic rings. The van der Waals surface area contributed by atoms with E-state index in [9.17, 15) is 9.90 Å². The Kier molecular flexibility index (Phi) is 3.43. The third kappa shape index (κ3) is 2.62. The SMILES string of the molecule is O=C(c1ccc2ncnn2c1)N1Cc2[nH]cnc2C(c2cccc(O)c2)C1. The number of aromatic nitrogens is 5. The molecule has 1 aromatic carbocycles. The van der Waals surface area contributed by atoms with E-state index in [0.29, 0.717) is 24.3 Å². The first-order chi connectivity index (χ1) is 13.2. The maximum absolute atomic E-state index is 13.1. The number of benzene rings is 1. The van der Waals surface area contributed by atoms with Crippen molar-refractivity contribution in [2.24, 2.45) is 0 Å². The number of H-pyrrole nitrogens is 1. The zero-order valence-corrected chi connectivity index (χ0v) is 14.3. The van der Waals surface area contributed by atoms with Crippen LogP contribution in [0.25, 0.3) is 5.65 Å². The van der Waals surface area contributed by atoms with E-state index in [1.54, 1.807) is 52.3 Å². The minimum Gasteiger partial charge on any atom is -0.508 e. The van der Waals surface area contributed by atoms with E-state index in [-0.39, 0.29) is 17.6 Å². The van der Waals surface area contributed by atoms with E-state index < -0.39 is 0 Å². The van der Waals surface area contributed by atoms with Crippen molar-refractivity contribution in [1.29, 1.82) is 0 Å². The summed E-state index contributed by atoms with van der Waals surface area (Å²) in [5.74, 6) is 0.00798. The third-order valence-electron chi connectivity index (χ3n) is 4.91. The van der Waals surface area contributed by atoms with Crippen LogP contribution in [0.5, 0.6) is 5.75 Å². The van der Waals surface area contributed by atoms with Crippen molar-refractivity contribution < 1.29 is 9.90 Å².